The van der Waals surface area contributed by atoms with Gasteiger partial charge in [-0.3, -0.25) is 4.68 Å². The van der Waals surface area contributed by atoms with Crippen molar-refractivity contribution in [1.29, 1.82) is 0 Å². The molecule has 1 aliphatic rings. The average Bonchev–Trinajstić information content (AvgIpc) is 2.69. The summed E-state index contributed by atoms with van der Waals surface area (Å²) in [6.07, 6.45) is 4.68. The predicted octanol–water partition coefficient (Wildman–Crippen LogP) is 2.63. The highest BCUT2D eigenvalue weighted by Gasteiger charge is 2.47. The van der Waals surface area contributed by atoms with Crippen LogP contribution in [0.2, 0.25) is 0 Å². The summed E-state index contributed by atoms with van der Waals surface area (Å²) in [6.45, 7) is 11.3. The maximum absolute atomic E-state index is 6.00. The summed E-state index contributed by atoms with van der Waals surface area (Å²) >= 11 is 0. The molecule has 2 heterocycles. The lowest BCUT2D eigenvalue weighted by Crippen LogP contribution is -2.36. The van der Waals surface area contributed by atoms with Gasteiger partial charge in [0, 0.05) is 13.0 Å². The van der Waals surface area contributed by atoms with Crippen LogP contribution < -0.4 is 4.74 Å². The molecule has 1 fully saturated rings. The summed E-state index contributed by atoms with van der Waals surface area (Å²) in [5.74, 6) is 0.825. The molecule has 0 N–H and O–H groups in total. The third-order valence-corrected chi connectivity index (χ3v) is 3.20. The molecule has 0 saturated carbocycles. The first-order chi connectivity index (χ1) is 7.82. The van der Waals surface area contributed by atoms with Crippen molar-refractivity contribution in [2.45, 2.75) is 64.9 Å². The molecule has 1 aromatic heterocycles. The van der Waals surface area contributed by atoms with Crippen LogP contribution in [0.5, 0.6) is 5.75 Å². The van der Waals surface area contributed by atoms with Crippen molar-refractivity contribution in [2.75, 3.05) is 0 Å². The number of ether oxygens (including phenoxy) is 2. The summed E-state index contributed by atoms with van der Waals surface area (Å²) < 4.78 is 13.9. The van der Waals surface area contributed by atoms with Crippen LogP contribution in [-0.2, 0) is 11.3 Å². The van der Waals surface area contributed by atoms with Crippen LogP contribution in [0.3, 0.4) is 0 Å². The zero-order chi connectivity index (χ0) is 12.7. The fraction of sp³-hybridized carbons (Fsp3) is 0.769. The van der Waals surface area contributed by atoms with E-state index in [0.29, 0.717) is 0 Å². The lowest BCUT2D eigenvalue weighted by atomic mass is 9.97. The first-order valence-corrected chi connectivity index (χ1v) is 6.22. The Hall–Kier alpha value is -1.03. The monoisotopic (exact) mass is 238 g/mol. The number of rotatable bonds is 3. The van der Waals surface area contributed by atoms with Gasteiger partial charge in [0.15, 0.2) is 5.75 Å². The molecule has 0 bridgehead atoms. The van der Waals surface area contributed by atoms with Crippen LogP contribution in [0.25, 0.3) is 0 Å². The van der Waals surface area contributed by atoms with E-state index in [2.05, 4.69) is 39.7 Å². The maximum atomic E-state index is 6.00. The van der Waals surface area contributed by atoms with Crippen molar-refractivity contribution in [3.8, 4) is 5.75 Å². The largest absolute Gasteiger partial charge is 0.484 e. The highest BCUT2D eigenvalue weighted by Crippen LogP contribution is 2.39. The van der Waals surface area contributed by atoms with Gasteiger partial charge in [-0.25, -0.2) is 0 Å². The van der Waals surface area contributed by atoms with Gasteiger partial charge in [-0.05, 0) is 34.6 Å². The van der Waals surface area contributed by atoms with Crippen molar-refractivity contribution in [2.24, 2.45) is 0 Å². The molecule has 0 amide bonds. The standard InChI is InChI=1S/C13H22N2O2/c1-6-15-9-10(8-14-15)16-11-7-12(2,3)17-13(11,4)5/h8-9,11H,6-7H2,1-5H3. The van der Waals surface area contributed by atoms with Crippen LogP contribution in [0.1, 0.15) is 41.0 Å². The van der Waals surface area contributed by atoms with Gasteiger partial charge in [0.05, 0.1) is 18.0 Å². The summed E-state index contributed by atoms with van der Waals surface area (Å²) in [7, 11) is 0. The number of aryl methyl sites for hydroxylation is 1. The van der Waals surface area contributed by atoms with Crippen molar-refractivity contribution < 1.29 is 9.47 Å². The number of nitrogens with zero attached hydrogens (tertiary/aromatic N) is 2. The molecule has 0 spiro atoms. The molecule has 1 unspecified atom stereocenters. The van der Waals surface area contributed by atoms with E-state index in [1.807, 2.05) is 10.9 Å². The van der Waals surface area contributed by atoms with Gasteiger partial charge in [0.25, 0.3) is 0 Å². The van der Waals surface area contributed by atoms with Gasteiger partial charge >= 0.3 is 0 Å². The normalized spacial score (nSPS) is 26.1. The van der Waals surface area contributed by atoms with Gasteiger partial charge in [0.1, 0.15) is 11.7 Å². The van der Waals surface area contributed by atoms with E-state index in [4.69, 9.17) is 9.47 Å². The van der Waals surface area contributed by atoms with Gasteiger partial charge < -0.3 is 9.47 Å². The summed E-state index contributed by atoms with van der Waals surface area (Å²) in [5.41, 5.74) is -0.368. The van der Waals surface area contributed by atoms with E-state index in [1.165, 1.54) is 0 Å². The average molecular weight is 238 g/mol. The van der Waals surface area contributed by atoms with E-state index in [0.717, 1.165) is 18.7 Å². The smallest absolute Gasteiger partial charge is 0.157 e. The Bertz CT molecular complexity index is 396. The van der Waals surface area contributed by atoms with E-state index in [-0.39, 0.29) is 17.3 Å². The molecular weight excluding hydrogens is 216 g/mol. The molecule has 17 heavy (non-hydrogen) atoms. The molecule has 0 aliphatic carbocycles. The third kappa shape index (κ3) is 2.63. The Morgan fingerprint density at radius 2 is 2.18 bits per heavy atom. The molecule has 0 aromatic carbocycles. The Kier molecular flexibility index (Phi) is 2.94. The fourth-order valence-electron chi connectivity index (χ4n) is 2.44. The van der Waals surface area contributed by atoms with Gasteiger partial charge in [-0.2, -0.15) is 5.10 Å². The van der Waals surface area contributed by atoms with Crippen molar-refractivity contribution >= 4 is 0 Å². The Labute approximate surface area is 103 Å². The first-order valence-electron chi connectivity index (χ1n) is 6.22. The Morgan fingerprint density at radius 3 is 2.65 bits per heavy atom. The topological polar surface area (TPSA) is 36.3 Å². The van der Waals surface area contributed by atoms with Crippen LogP contribution in [0.4, 0.5) is 0 Å². The number of aromatic nitrogens is 2. The van der Waals surface area contributed by atoms with E-state index < -0.39 is 0 Å². The molecule has 1 atom stereocenters. The first kappa shape index (κ1) is 12.4. The van der Waals surface area contributed by atoms with Gasteiger partial charge in [-0.1, -0.05) is 0 Å². The van der Waals surface area contributed by atoms with Crippen molar-refractivity contribution in [1.82, 2.24) is 9.78 Å². The minimum absolute atomic E-state index is 0.0759. The quantitative estimate of drug-likeness (QED) is 0.812. The lowest BCUT2D eigenvalue weighted by Gasteiger charge is -2.26. The fourth-order valence-corrected chi connectivity index (χ4v) is 2.44. The molecule has 4 nitrogen and oxygen atoms in total. The molecule has 1 saturated heterocycles. The van der Waals surface area contributed by atoms with Crippen LogP contribution >= 0.6 is 0 Å². The zero-order valence-electron chi connectivity index (χ0n) is 11.4. The zero-order valence-corrected chi connectivity index (χ0v) is 11.4. The summed E-state index contributed by atoms with van der Waals surface area (Å²) in [4.78, 5) is 0. The second kappa shape index (κ2) is 4.02. The molecule has 2 rings (SSSR count). The third-order valence-electron chi connectivity index (χ3n) is 3.20. The Morgan fingerprint density at radius 1 is 1.47 bits per heavy atom. The predicted molar refractivity (Wildman–Crippen MR) is 66.2 cm³/mol. The van der Waals surface area contributed by atoms with E-state index >= 15 is 0 Å². The van der Waals surface area contributed by atoms with Crippen LogP contribution in [0, 0.1) is 0 Å². The Balaban J connectivity index is 2.08. The molecule has 4 heteroatoms. The molecule has 1 aliphatic heterocycles. The molecule has 0 radical (unpaired) electrons. The van der Waals surface area contributed by atoms with Crippen molar-refractivity contribution in [3.05, 3.63) is 12.4 Å². The van der Waals surface area contributed by atoms with Crippen LogP contribution in [-0.4, -0.2) is 27.1 Å². The van der Waals surface area contributed by atoms with Gasteiger partial charge in [-0.15, -0.1) is 0 Å². The second-order valence-electron chi connectivity index (χ2n) is 5.81. The highest BCUT2D eigenvalue weighted by atomic mass is 16.6. The van der Waals surface area contributed by atoms with Crippen LogP contribution in [0.15, 0.2) is 12.4 Å². The second-order valence-corrected chi connectivity index (χ2v) is 5.81. The molecule has 1 aromatic rings. The lowest BCUT2D eigenvalue weighted by molar-refractivity contribution is -0.0846. The highest BCUT2D eigenvalue weighted by molar-refractivity contribution is 5.14. The van der Waals surface area contributed by atoms with E-state index in [9.17, 15) is 0 Å². The number of hydrogen-bond acceptors (Lipinski definition) is 3. The SMILES string of the molecule is CCn1cc(OC2CC(C)(C)OC2(C)C)cn1. The summed E-state index contributed by atoms with van der Waals surface area (Å²) in [5, 5.41) is 4.21. The number of hydrogen-bond donors (Lipinski definition) is 0. The maximum Gasteiger partial charge on any atom is 0.157 e. The molecule has 96 valence electrons. The van der Waals surface area contributed by atoms with Gasteiger partial charge in [0.2, 0.25) is 0 Å². The minimum atomic E-state index is -0.252. The minimum Gasteiger partial charge on any atom is -0.484 e. The van der Waals surface area contributed by atoms with E-state index in [1.54, 1.807) is 6.20 Å². The van der Waals surface area contributed by atoms with Crippen molar-refractivity contribution in [3.63, 3.8) is 0 Å². The summed E-state index contributed by atoms with van der Waals surface area (Å²) in [6, 6.07) is 0. The molecular formula is C13H22N2O2.